The van der Waals surface area contributed by atoms with Crippen LogP contribution in [0.2, 0.25) is 0 Å². The van der Waals surface area contributed by atoms with Gasteiger partial charge in [-0.15, -0.1) is 0 Å². The molecule has 10 heteroatoms. The van der Waals surface area contributed by atoms with Crippen molar-refractivity contribution in [2.24, 2.45) is 4.99 Å². The minimum Gasteiger partial charge on any atom is -0.398 e. The molecule has 0 aliphatic carbocycles. The Bertz CT molecular complexity index is 1590. The number of carbonyl (C=O) groups excluding carboxylic acids is 2. The molecule has 6 rings (SSSR count). The molecule has 1 unspecified atom stereocenters. The van der Waals surface area contributed by atoms with Crippen molar-refractivity contribution >= 4 is 35.1 Å². The highest BCUT2D eigenvalue weighted by Crippen LogP contribution is 2.37. The van der Waals surface area contributed by atoms with Gasteiger partial charge in [0.1, 0.15) is 17.9 Å². The minimum atomic E-state index is -0.394. The van der Waals surface area contributed by atoms with Crippen molar-refractivity contribution in [2.45, 2.75) is 44.2 Å². The molecule has 2 amide bonds. The summed E-state index contributed by atoms with van der Waals surface area (Å²) in [6.45, 7) is 1.84. The Labute approximate surface area is 232 Å². The van der Waals surface area contributed by atoms with Crippen molar-refractivity contribution in [2.75, 3.05) is 24.6 Å². The molecule has 0 spiro atoms. The van der Waals surface area contributed by atoms with E-state index in [4.69, 9.17) is 11.5 Å². The lowest BCUT2D eigenvalue weighted by Gasteiger charge is -2.33. The summed E-state index contributed by atoms with van der Waals surface area (Å²) in [6.07, 6.45) is 5.85. The van der Waals surface area contributed by atoms with Gasteiger partial charge in [0.05, 0.1) is 6.54 Å². The molecule has 2 aliphatic rings. The number of nitrogen functional groups attached to an aromatic ring is 2. The number of fused-ring (bicyclic) bond motifs is 1. The number of piperidine rings is 1. The van der Waals surface area contributed by atoms with E-state index in [1.165, 1.54) is 6.33 Å². The normalized spacial score (nSPS) is 18.1. The second-order valence-corrected chi connectivity index (χ2v) is 10.4. The van der Waals surface area contributed by atoms with Gasteiger partial charge in [0.2, 0.25) is 11.8 Å². The van der Waals surface area contributed by atoms with Gasteiger partial charge in [-0.3, -0.25) is 14.6 Å². The van der Waals surface area contributed by atoms with Crippen LogP contribution in [0, 0.1) is 0 Å². The SMILES string of the molecule is Nc1cc(-c2cc(C3CCN(C(=O)C4CCC(=O)N4)CC3)n3ncnc(N)c23)ccc1C=NCc1ccccc1. The maximum Gasteiger partial charge on any atom is 0.245 e. The van der Waals surface area contributed by atoms with Gasteiger partial charge in [0.25, 0.3) is 0 Å². The Kier molecular flexibility index (Phi) is 6.90. The highest BCUT2D eigenvalue weighted by molar-refractivity contribution is 5.93. The van der Waals surface area contributed by atoms with Crippen LogP contribution in [0.25, 0.3) is 16.6 Å². The molecular weight excluding hydrogens is 504 g/mol. The number of nitrogens with zero attached hydrogens (tertiary/aromatic N) is 5. The molecule has 1 atom stereocenters. The van der Waals surface area contributed by atoms with Crippen LogP contribution in [0.5, 0.6) is 0 Å². The predicted molar refractivity (Wildman–Crippen MR) is 155 cm³/mol. The Morgan fingerprint density at radius 3 is 2.60 bits per heavy atom. The number of aromatic nitrogens is 3. The van der Waals surface area contributed by atoms with Gasteiger partial charge in [0.15, 0.2) is 5.82 Å². The molecule has 204 valence electrons. The number of hydrogen-bond acceptors (Lipinski definition) is 7. The summed E-state index contributed by atoms with van der Waals surface area (Å²) < 4.78 is 1.88. The second-order valence-electron chi connectivity index (χ2n) is 10.4. The van der Waals surface area contributed by atoms with E-state index in [1.807, 2.05) is 57.9 Å². The van der Waals surface area contributed by atoms with Gasteiger partial charge in [-0.05, 0) is 42.5 Å². The van der Waals surface area contributed by atoms with Crippen molar-refractivity contribution in [3.05, 3.63) is 77.7 Å². The highest BCUT2D eigenvalue weighted by Gasteiger charge is 2.34. The monoisotopic (exact) mass is 536 g/mol. The van der Waals surface area contributed by atoms with E-state index in [2.05, 4.69) is 26.5 Å². The summed E-state index contributed by atoms with van der Waals surface area (Å²) in [5, 5.41) is 7.33. The van der Waals surface area contributed by atoms with Crippen LogP contribution in [0.4, 0.5) is 11.5 Å². The lowest BCUT2D eigenvalue weighted by atomic mass is 9.92. The number of amides is 2. The molecule has 2 saturated heterocycles. The van der Waals surface area contributed by atoms with Gasteiger partial charge in [0, 0.05) is 54.2 Å². The van der Waals surface area contributed by atoms with Gasteiger partial charge < -0.3 is 21.7 Å². The number of nitrogens with one attached hydrogen (secondary N) is 1. The van der Waals surface area contributed by atoms with Crippen LogP contribution in [0.1, 0.15) is 48.4 Å². The average Bonchev–Trinajstić information content (AvgIpc) is 3.59. The Hall–Kier alpha value is -4.73. The molecule has 2 aromatic heterocycles. The maximum atomic E-state index is 12.9. The molecule has 2 aliphatic heterocycles. The Balaban J connectivity index is 1.23. The summed E-state index contributed by atoms with van der Waals surface area (Å²) >= 11 is 0. The van der Waals surface area contributed by atoms with E-state index < -0.39 is 6.04 Å². The number of hydrogen-bond donors (Lipinski definition) is 3. The molecule has 0 radical (unpaired) electrons. The van der Waals surface area contributed by atoms with Crippen LogP contribution >= 0.6 is 0 Å². The van der Waals surface area contributed by atoms with Crippen LogP contribution in [0.3, 0.4) is 0 Å². The molecule has 5 N–H and O–H groups in total. The number of nitrogens with two attached hydrogens (primary N) is 2. The number of benzene rings is 2. The summed E-state index contributed by atoms with van der Waals surface area (Å²) in [5.74, 6) is 0.553. The Morgan fingerprint density at radius 2 is 1.88 bits per heavy atom. The van der Waals surface area contributed by atoms with Crippen LogP contribution in [-0.2, 0) is 16.1 Å². The first-order valence-corrected chi connectivity index (χ1v) is 13.6. The fourth-order valence-corrected chi connectivity index (χ4v) is 5.71. The molecule has 4 heterocycles. The third-order valence-electron chi connectivity index (χ3n) is 7.87. The fraction of sp³-hybridized carbons (Fsp3) is 0.300. The molecule has 10 nitrogen and oxygen atoms in total. The number of likely N-dealkylation sites (tertiary alicyclic amines) is 1. The second kappa shape index (κ2) is 10.8. The molecular formula is C30H32N8O2. The zero-order valence-corrected chi connectivity index (χ0v) is 22.2. The highest BCUT2D eigenvalue weighted by atomic mass is 16.2. The molecule has 4 aromatic rings. The van der Waals surface area contributed by atoms with Gasteiger partial charge in [-0.25, -0.2) is 9.50 Å². The largest absolute Gasteiger partial charge is 0.398 e. The zero-order chi connectivity index (χ0) is 27.6. The lowest BCUT2D eigenvalue weighted by molar-refractivity contribution is -0.135. The standard InChI is InChI=1S/C30H32N8O2/c31-24-14-21(6-7-22(24)17-33-16-19-4-2-1-3-5-19)23-15-26(38-28(23)29(32)34-18-35-38)20-10-12-37(13-11-20)30(40)25-8-9-27(39)36-25/h1-7,14-15,17-18,20,25H,8-13,16,31H2,(H,36,39)(H2,32,34,35). The molecule has 0 saturated carbocycles. The third-order valence-corrected chi connectivity index (χ3v) is 7.87. The number of aliphatic imine (C=N–C) groups is 1. The number of rotatable bonds is 6. The van der Waals surface area contributed by atoms with Crippen LogP contribution in [0.15, 0.2) is 65.9 Å². The summed E-state index contributed by atoms with van der Waals surface area (Å²) in [7, 11) is 0. The number of carbonyl (C=O) groups is 2. The van der Waals surface area contributed by atoms with E-state index in [0.29, 0.717) is 44.0 Å². The van der Waals surface area contributed by atoms with Gasteiger partial charge in [-0.1, -0.05) is 42.5 Å². The molecule has 2 aromatic carbocycles. The first-order chi connectivity index (χ1) is 19.5. The van der Waals surface area contributed by atoms with E-state index in [0.717, 1.165) is 46.3 Å². The van der Waals surface area contributed by atoms with Crippen LogP contribution in [-0.4, -0.2) is 56.7 Å². The van der Waals surface area contributed by atoms with Crippen molar-refractivity contribution < 1.29 is 9.59 Å². The van der Waals surface area contributed by atoms with Crippen molar-refractivity contribution in [1.29, 1.82) is 0 Å². The van der Waals surface area contributed by atoms with Crippen molar-refractivity contribution in [1.82, 2.24) is 24.8 Å². The van der Waals surface area contributed by atoms with Crippen molar-refractivity contribution in [3.63, 3.8) is 0 Å². The quantitative estimate of drug-likeness (QED) is 0.255. The average molecular weight is 537 g/mol. The van der Waals surface area contributed by atoms with E-state index >= 15 is 0 Å². The third kappa shape index (κ3) is 5.00. The lowest BCUT2D eigenvalue weighted by Crippen LogP contribution is -2.47. The molecule has 2 fully saturated rings. The van der Waals surface area contributed by atoms with Gasteiger partial charge >= 0.3 is 0 Å². The number of anilines is 2. The van der Waals surface area contributed by atoms with Gasteiger partial charge in [-0.2, -0.15) is 5.10 Å². The smallest absolute Gasteiger partial charge is 0.245 e. The summed E-state index contributed by atoms with van der Waals surface area (Å²) in [5.41, 5.74) is 19.0. The maximum absolute atomic E-state index is 12.9. The van der Waals surface area contributed by atoms with E-state index in [9.17, 15) is 9.59 Å². The zero-order valence-electron chi connectivity index (χ0n) is 22.2. The summed E-state index contributed by atoms with van der Waals surface area (Å²) in [6, 6.07) is 17.7. The predicted octanol–water partition coefficient (Wildman–Crippen LogP) is 3.16. The first kappa shape index (κ1) is 25.5. The van der Waals surface area contributed by atoms with E-state index in [1.54, 1.807) is 6.21 Å². The van der Waals surface area contributed by atoms with Crippen molar-refractivity contribution in [3.8, 4) is 11.1 Å². The molecule has 0 bridgehead atoms. The van der Waals surface area contributed by atoms with E-state index in [-0.39, 0.29) is 17.7 Å². The van der Waals surface area contributed by atoms with Crippen LogP contribution < -0.4 is 16.8 Å². The Morgan fingerprint density at radius 1 is 1.07 bits per heavy atom. The minimum absolute atomic E-state index is 0.0134. The fourth-order valence-electron chi connectivity index (χ4n) is 5.71. The first-order valence-electron chi connectivity index (χ1n) is 13.6. The summed E-state index contributed by atoms with van der Waals surface area (Å²) in [4.78, 5) is 35.1. The molecule has 40 heavy (non-hydrogen) atoms. The topological polar surface area (TPSA) is 144 Å².